The maximum atomic E-state index is 11.2. The molecule has 3 rings (SSSR count). The molecular formula is C36H48N2O. The van der Waals surface area contributed by atoms with Gasteiger partial charge in [0, 0.05) is 25.3 Å². The van der Waals surface area contributed by atoms with Gasteiger partial charge >= 0.3 is 0 Å². The lowest BCUT2D eigenvalue weighted by Gasteiger charge is -2.24. The normalized spacial score (nSPS) is 12.9. The van der Waals surface area contributed by atoms with Crippen LogP contribution in [0.3, 0.4) is 0 Å². The van der Waals surface area contributed by atoms with E-state index in [1.165, 1.54) is 27.8 Å². The third kappa shape index (κ3) is 11.9. The minimum atomic E-state index is 0.0661. The summed E-state index contributed by atoms with van der Waals surface area (Å²) >= 11 is 0. The molecule has 3 heteroatoms. The van der Waals surface area contributed by atoms with Crippen molar-refractivity contribution in [1.82, 2.24) is 10.2 Å². The van der Waals surface area contributed by atoms with Gasteiger partial charge in [-0.3, -0.25) is 9.69 Å². The largest absolute Gasteiger partial charge is 0.385 e. The number of rotatable bonds is 15. The second-order valence-corrected chi connectivity index (χ2v) is 9.86. The van der Waals surface area contributed by atoms with Gasteiger partial charge in [0.1, 0.15) is 0 Å². The summed E-state index contributed by atoms with van der Waals surface area (Å²) in [6.07, 6.45) is 16.4. The van der Waals surface area contributed by atoms with Crippen molar-refractivity contribution >= 4 is 17.4 Å². The van der Waals surface area contributed by atoms with Crippen molar-refractivity contribution < 1.29 is 4.79 Å². The zero-order valence-corrected chi connectivity index (χ0v) is 24.8. The molecule has 0 bridgehead atoms. The summed E-state index contributed by atoms with van der Waals surface area (Å²) in [7, 11) is 0. The smallest absolute Gasteiger partial charge is 0.152 e. The predicted octanol–water partition coefficient (Wildman–Crippen LogP) is 8.69. The van der Waals surface area contributed by atoms with E-state index >= 15 is 0 Å². The third-order valence-corrected chi connectivity index (χ3v) is 6.80. The molecule has 2 aromatic carbocycles. The number of hydrogen-bond acceptors (Lipinski definition) is 3. The summed E-state index contributed by atoms with van der Waals surface area (Å²) < 4.78 is 0. The molecule has 2 aromatic rings. The van der Waals surface area contributed by atoms with E-state index in [1.54, 1.807) is 13.0 Å². The highest BCUT2D eigenvalue weighted by Gasteiger charge is 2.11. The van der Waals surface area contributed by atoms with Crippen LogP contribution in [0.2, 0.25) is 0 Å². The van der Waals surface area contributed by atoms with Crippen molar-refractivity contribution in [2.75, 3.05) is 19.6 Å². The number of nitrogens with one attached hydrogen (secondary N) is 1. The molecule has 0 aromatic heterocycles. The Bertz CT molecular complexity index is 1160. The van der Waals surface area contributed by atoms with Gasteiger partial charge in [-0.15, -0.1) is 0 Å². The van der Waals surface area contributed by atoms with Crippen LogP contribution < -0.4 is 5.32 Å². The molecule has 39 heavy (non-hydrogen) atoms. The maximum Gasteiger partial charge on any atom is 0.152 e. The molecule has 0 saturated carbocycles. The van der Waals surface area contributed by atoms with E-state index in [1.807, 2.05) is 19.9 Å². The Balaban J connectivity index is 0.00000260. The number of carbonyl (C=O) groups is 1. The number of ketones is 1. The van der Waals surface area contributed by atoms with Crippen LogP contribution in [0.1, 0.15) is 75.6 Å². The summed E-state index contributed by atoms with van der Waals surface area (Å²) in [5.74, 6) is 0.0661. The zero-order valence-electron chi connectivity index (χ0n) is 24.8. The van der Waals surface area contributed by atoms with Crippen LogP contribution in [0.25, 0.3) is 11.6 Å². The number of hydrogen-bond donors (Lipinski definition) is 1. The summed E-state index contributed by atoms with van der Waals surface area (Å²) in [5, 5.41) is 3.50. The van der Waals surface area contributed by atoms with Gasteiger partial charge in [0.15, 0.2) is 5.78 Å². The molecule has 0 radical (unpaired) electrons. The van der Waals surface area contributed by atoms with E-state index in [4.69, 9.17) is 0 Å². The summed E-state index contributed by atoms with van der Waals surface area (Å²) in [4.78, 5) is 13.8. The van der Waals surface area contributed by atoms with Crippen molar-refractivity contribution in [3.05, 3.63) is 119 Å². The van der Waals surface area contributed by atoms with Crippen LogP contribution in [0, 0.1) is 6.92 Å². The fourth-order valence-electron chi connectivity index (χ4n) is 4.59. The van der Waals surface area contributed by atoms with Crippen LogP contribution >= 0.6 is 0 Å². The fourth-order valence-corrected chi connectivity index (χ4v) is 4.59. The number of aryl methyl sites for hydroxylation is 1. The number of benzene rings is 2. The molecule has 1 aliphatic carbocycles. The average molecular weight is 525 g/mol. The number of carbonyl (C=O) groups excluding carboxylic acids is 1. The van der Waals surface area contributed by atoms with Crippen molar-refractivity contribution in [3.63, 3.8) is 0 Å². The third-order valence-electron chi connectivity index (χ3n) is 6.80. The van der Waals surface area contributed by atoms with Crippen LogP contribution in [-0.4, -0.2) is 30.3 Å². The molecular weight excluding hydrogens is 476 g/mol. The lowest BCUT2D eigenvalue weighted by Crippen LogP contribution is -2.26. The Morgan fingerprint density at radius 1 is 1.05 bits per heavy atom. The maximum absolute atomic E-state index is 11.2. The van der Waals surface area contributed by atoms with Gasteiger partial charge in [-0.05, 0) is 92.5 Å². The van der Waals surface area contributed by atoms with Crippen molar-refractivity contribution in [1.29, 1.82) is 0 Å². The lowest BCUT2D eigenvalue weighted by atomic mass is 9.97. The quantitative estimate of drug-likeness (QED) is 0.237. The Labute approximate surface area is 237 Å². The monoisotopic (exact) mass is 524 g/mol. The molecule has 0 aliphatic heterocycles. The lowest BCUT2D eigenvalue weighted by molar-refractivity contribution is -0.112. The zero-order chi connectivity index (χ0) is 28.5. The molecule has 0 heterocycles. The summed E-state index contributed by atoms with van der Waals surface area (Å²) in [6, 6.07) is 17.2. The number of allylic oxidation sites excluding steroid dienone is 6. The van der Waals surface area contributed by atoms with Crippen molar-refractivity contribution in [2.45, 2.75) is 66.8 Å². The molecule has 0 atom stereocenters. The van der Waals surface area contributed by atoms with Gasteiger partial charge in [0.2, 0.25) is 0 Å². The Kier molecular flexibility index (Phi) is 14.6. The molecule has 0 amide bonds. The van der Waals surface area contributed by atoms with Gasteiger partial charge < -0.3 is 5.32 Å². The predicted molar refractivity (Wildman–Crippen MR) is 170 cm³/mol. The van der Waals surface area contributed by atoms with Crippen molar-refractivity contribution in [3.8, 4) is 0 Å². The Morgan fingerprint density at radius 3 is 2.44 bits per heavy atom. The van der Waals surface area contributed by atoms with Crippen LogP contribution in [0.15, 0.2) is 96.8 Å². The molecule has 3 nitrogen and oxygen atoms in total. The first-order valence-electron chi connectivity index (χ1n) is 14.4. The van der Waals surface area contributed by atoms with Gasteiger partial charge in [-0.1, -0.05) is 99.3 Å². The SMILES string of the molecule is C=C(CCCN(CC/C(=C/C)c1ccccc1C)Cc1ccc(/C=C/C(C)=O)cc1)NCC1=CC=CC1.CC. The van der Waals surface area contributed by atoms with E-state index in [0.29, 0.717) is 0 Å². The highest BCUT2D eigenvalue weighted by Crippen LogP contribution is 2.23. The minimum absolute atomic E-state index is 0.0661. The molecule has 0 fully saturated rings. The van der Waals surface area contributed by atoms with Gasteiger partial charge in [-0.25, -0.2) is 0 Å². The Morgan fingerprint density at radius 2 is 1.79 bits per heavy atom. The molecule has 1 N–H and O–H groups in total. The van der Waals surface area contributed by atoms with E-state index < -0.39 is 0 Å². The van der Waals surface area contributed by atoms with E-state index in [0.717, 1.165) is 63.1 Å². The van der Waals surface area contributed by atoms with Gasteiger partial charge in [0.25, 0.3) is 0 Å². The van der Waals surface area contributed by atoms with Gasteiger partial charge in [0.05, 0.1) is 0 Å². The molecule has 0 spiro atoms. The minimum Gasteiger partial charge on any atom is -0.385 e. The first kappa shape index (κ1) is 31.8. The van der Waals surface area contributed by atoms with Gasteiger partial charge in [-0.2, -0.15) is 0 Å². The average Bonchev–Trinajstić information content (AvgIpc) is 3.47. The molecule has 0 unspecified atom stereocenters. The van der Waals surface area contributed by atoms with Crippen molar-refractivity contribution in [2.24, 2.45) is 0 Å². The number of nitrogens with zero attached hydrogens (tertiary/aromatic N) is 1. The molecule has 1 aliphatic rings. The highest BCUT2D eigenvalue weighted by molar-refractivity contribution is 5.91. The topological polar surface area (TPSA) is 32.3 Å². The van der Waals surface area contributed by atoms with E-state index in [2.05, 4.69) is 103 Å². The first-order chi connectivity index (χ1) is 18.9. The Hall–Kier alpha value is -3.43. The summed E-state index contributed by atoms with van der Waals surface area (Å²) in [6.45, 7) is 18.0. The molecule has 0 saturated heterocycles. The second kappa shape index (κ2) is 18.0. The summed E-state index contributed by atoms with van der Waals surface area (Å²) in [5.41, 5.74) is 8.94. The van der Waals surface area contributed by atoms with Crippen LogP contribution in [0.5, 0.6) is 0 Å². The van der Waals surface area contributed by atoms with Crippen LogP contribution in [-0.2, 0) is 11.3 Å². The van der Waals surface area contributed by atoms with E-state index in [9.17, 15) is 4.79 Å². The standard InChI is InChI=1S/C34H42N2O.C2H6/c1-5-33(34-15-9-6-11-27(34)2)22-24-36(23-10-12-28(3)35-25-31-13-7-8-14-31)26-32-20-18-30(19-21-32)17-16-29(4)37;1-2/h5-9,11,13,15-21,35H,3,10,12,14,22-26H2,1-2,4H3;1-2H3/b17-16+,33-5-;. The second-order valence-electron chi connectivity index (χ2n) is 9.86. The van der Waals surface area contributed by atoms with E-state index in [-0.39, 0.29) is 5.78 Å². The highest BCUT2D eigenvalue weighted by atomic mass is 16.1. The molecule has 208 valence electrons. The van der Waals surface area contributed by atoms with Crippen LogP contribution in [0.4, 0.5) is 0 Å². The first-order valence-corrected chi connectivity index (χ1v) is 14.4. The fraction of sp³-hybridized carbons (Fsp3) is 0.361.